The fourth-order valence-electron chi connectivity index (χ4n) is 9.48. The van der Waals surface area contributed by atoms with E-state index in [0.29, 0.717) is 17.5 Å². The van der Waals surface area contributed by atoms with Crippen LogP contribution in [0.1, 0.15) is 31.4 Å². The van der Waals surface area contributed by atoms with E-state index < -0.39 is 0 Å². The van der Waals surface area contributed by atoms with Crippen LogP contribution in [-0.2, 0) is 5.41 Å². The fourth-order valence-corrected chi connectivity index (χ4v) is 9.48. The molecule has 0 saturated heterocycles. The van der Waals surface area contributed by atoms with Gasteiger partial charge in [0.15, 0.2) is 23.1 Å². The quantitative estimate of drug-likeness (QED) is 0.168. The summed E-state index contributed by atoms with van der Waals surface area (Å²) in [5, 5.41) is 4.38. The molecule has 60 heavy (non-hydrogen) atoms. The number of fused-ring (bicyclic) bond motifs is 9. The standard InChI is InChI=1S/C54H38N4O2/c1-54(2)44-21-11-9-18-38(44)39-28-25-36(31-45(39)54)58(37-26-29-41-40-19-10-12-23-47(40)59-49(41)32-37)46-22-13-20-43-42-27-24-35(30-48(42)60-50(43)46)53-56-51(33-14-5-3-6-15-33)55-52(57-53)34-16-7-4-8-17-34/h3-25,27-32,37H,26H2,1-2H3. The van der Waals surface area contributed by atoms with E-state index in [9.17, 15) is 0 Å². The number of benzene rings is 7. The van der Waals surface area contributed by atoms with Crippen molar-refractivity contribution in [2.45, 2.75) is 31.7 Å². The van der Waals surface area contributed by atoms with Gasteiger partial charge in [-0.25, -0.2) is 15.0 Å². The van der Waals surface area contributed by atoms with Crippen LogP contribution in [-0.4, -0.2) is 21.0 Å². The topological polar surface area (TPSA) is 68.2 Å². The van der Waals surface area contributed by atoms with Crippen LogP contribution in [0.5, 0.6) is 0 Å². The molecule has 0 aliphatic heterocycles. The molecule has 0 N–H and O–H groups in total. The predicted octanol–water partition coefficient (Wildman–Crippen LogP) is 12.0. The van der Waals surface area contributed by atoms with Gasteiger partial charge in [0.1, 0.15) is 16.6 Å². The molecule has 6 nitrogen and oxygen atoms in total. The summed E-state index contributed by atoms with van der Waals surface area (Å²) in [6.45, 7) is 4.67. The SMILES string of the molecule is CC1(C)c2ccccc2-c2ccc(N(c3cccc4c3oc3cc(-c5nc(-c6ccccc6)nc(-c6ccccc6)n5)ccc34)C3C=c4oc5ccccc5c4=CC3)cc21. The summed E-state index contributed by atoms with van der Waals surface area (Å²) < 4.78 is 13.5. The average Bonchev–Trinajstić information content (AvgIpc) is 3.94. The van der Waals surface area contributed by atoms with Crippen molar-refractivity contribution in [2.75, 3.05) is 4.90 Å². The van der Waals surface area contributed by atoms with Crippen LogP contribution < -0.4 is 15.5 Å². The molecule has 1 atom stereocenters. The van der Waals surface area contributed by atoms with Crippen molar-refractivity contribution in [1.29, 1.82) is 0 Å². The second-order valence-corrected chi connectivity index (χ2v) is 16.3. The first-order valence-electron chi connectivity index (χ1n) is 20.5. The van der Waals surface area contributed by atoms with E-state index in [-0.39, 0.29) is 11.5 Å². The van der Waals surface area contributed by atoms with Crippen molar-refractivity contribution in [3.63, 3.8) is 0 Å². The van der Waals surface area contributed by atoms with Gasteiger partial charge in [0.25, 0.3) is 0 Å². The zero-order valence-corrected chi connectivity index (χ0v) is 33.1. The number of aromatic nitrogens is 3. The summed E-state index contributed by atoms with van der Waals surface area (Å²) in [7, 11) is 0. The summed E-state index contributed by atoms with van der Waals surface area (Å²) in [4.78, 5) is 17.4. The van der Waals surface area contributed by atoms with Crippen LogP contribution in [0.25, 0.3) is 90.4 Å². The van der Waals surface area contributed by atoms with Crippen molar-refractivity contribution in [2.24, 2.45) is 0 Å². The Labute approximate surface area is 346 Å². The molecule has 7 aromatic carbocycles. The first-order chi connectivity index (χ1) is 29.5. The molecule has 0 saturated carbocycles. The van der Waals surface area contributed by atoms with Crippen molar-refractivity contribution in [3.05, 3.63) is 186 Å². The maximum Gasteiger partial charge on any atom is 0.164 e. The minimum atomic E-state index is -0.153. The summed E-state index contributed by atoms with van der Waals surface area (Å²) in [5.41, 5.74) is 13.3. The highest BCUT2D eigenvalue weighted by atomic mass is 16.3. The molecule has 10 aromatic rings. The third-order valence-electron chi connectivity index (χ3n) is 12.4. The molecule has 1 unspecified atom stereocenters. The lowest BCUT2D eigenvalue weighted by molar-refractivity contribution is 0.568. The van der Waals surface area contributed by atoms with Crippen molar-refractivity contribution < 1.29 is 8.83 Å². The Morgan fingerprint density at radius 3 is 1.98 bits per heavy atom. The highest BCUT2D eigenvalue weighted by Crippen LogP contribution is 2.51. The summed E-state index contributed by atoms with van der Waals surface area (Å²) in [6, 6.07) is 56.9. The number of para-hydroxylation sites is 2. The van der Waals surface area contributed by atoms with E-state index in [1.165, 1.54) is 22.3 Å². The normalized spacial score (nSPS) is 15.0. The molecular weight excluding hydrogens is 737 g/mol. The van der Waals surface area contributed by atoms with E-state index in [1.807, 2.05) is 72.8 Å². The monoisotopic (exact) mass is 774 g/mol. The van der Waals surface area contributed by atoms with Gasteiger partial charge in [0.05, 0.1) is 11.7 Å². The first-order valence-corrected chi connectivity index (χ1v) is 20.5. The number of anilines is 2. The zero-order valence-electron chi connectivity index (χ0n) is 33.1. The first kappa shape index (κ1) is 34.5. The van der Waals surface area contributed by atoms with E-state index >= 15 is 0 Å². The van der Waals surface area contributed by atoms with Crippen molar-refractivity contribution in [3.8, 4) is 45.3 Å². The van der Waals surface area contributed by atoms with Crippen LogP contribution in [0.3, 0.4) is 0 Å². The molecule has 12 rings (SSSR count). The van der Waals surface area contributed by atoms with Crippen LogP contribution in [0, 0.1) is 0 Å². The van der Waals surface area contributed by atoms with Gasteiger partial charge in [-0.1, -0.05) is 147 Å². The summed E-state index contributed by atoms with van der Waals surface area (Å²) >= 11 is 0. The Hall–Kier alpha value is -7.57. The van der Waals surface area contributed by atoms with Gasteiger partial charge in [0.2, 0.25) is 0 Å². The molecule has 286 valence electrons. The Bertz CT molecular complexity index is 3400. The van der Waals surface area contributed by atoms with Gasteiger partial charge >= 0.3 is 0 Å². The molecule has 6 heteroatoms. The van der Waals surface area contributed by atoms with Gasteiger partial charge in [-0.3, -0.25) is 0 Å². The molecule has 0 bridgehead atoms. The van der Waals surface area contributed by atoms with E-state index in [2.05, 4.69) is 122 Å². The molecule has 0 spiro atoms. The average molecular weight is 775 g/mol. The van der Waals surface area contributed by atoms with Crippen LogP contribution in [0.4, 0.5) is 11.4 Å². The lowest BCUT2D eigenvalue weighted by Crippen LogP contribution is -2.36. The smallest absolute Gasteiger partial charge is 0.164 e. The summed E-state index contributed by atoms with van der Waals surface area (Å²) in [5.74, 6) is 1.83. The lowest BCUT2D eigenvalue weighted by atomic mass is 9.82. The van der Waals surface area contributed by atoms with Gasteiger partial charge in [-0.2, -0.15) is 0 Å². The maximum absolute atomic E-state index is 7.01. The molecule has 0 amide bonds. The lowest BCUT2D eigenvalue weighted by Gasteiger charge is -2.33. The molecule has 3 aromatic heterocycles. The van der Waals surface area contributed by atoms with Gasteiger partial charge in [-0.05, 0) is 71.1 Å². The molecule has 2 aliphatic carbocycles. The van der Waals surface area contributed by atoms with E-state index in [1.54, 1.807) is 0 Å². The minimum Gasteiger partial charge on any atom is -0.456 e. The number of rotatable bonds is 6. The van der Waals surface area contributed by atoms with Gasteiger partial charge < -0.3 is 13.7 Å². The molecule has 3 heterocycles. The van der Waals surface area contributed by atoms with Gasteiger partial charge in [0, 0.05) is 49.2 Å². The van der Waals surface area contributed by atoms with E-state index in [0.717, 1.165) is 78.0 Å². The van der Waals surface area contributed by atoms with Crippen molar-refractivity contribution >= 4 is 56.4 Å². The fraction of sp³-hybridized carbons (Fsp3) is 0.0926. The molecular formula is C54H38N4O2. The van der Waals surface area contributed by atoms with Crippen LogP contribution in [0.2, 0.25) is 0 Å². The third kappa shape index (κ3) is 5.37. The Morgan fingerprint density at radius 2 is 1.20 bits per heavy atom. The predicted molar refractivity (Wildman–Crippen MR) is 242 cm³/mol. The Morgan fingerprint density at radius 1 is 0.533 bits per heavy atom. The largest absolute Gasteiger partial charge is 0.456 e. The highest BCUT2D eigenvalue weighted by molar-refractivity contribution is 6.10. The number of nitrogens with zero attached hydrogens (tertiary/aromatic N) is 4. The van der Waals surface area contributed by atoms with Crippen LogP contribution in [0.15, 0.2) is 173 Å². The molecule has 0 radical (unpaired) electrons. The number of furan rings is 2. The minimum absolute atomic E-state index is 0.0459. The highest BCUT2D eigenvalue weighted by Gasteiger charge is 2.36. The third-order valence-corrected chi connectivity index (χ3v) is 12.4. The number of hydrogen-bond donors (Lipinski definition) is 0. The second kappa shape index (κ2) is 13.2. The van der Waals surface area contributed by atoms with Gasteiger partial charge in [-0.15, -0.1) is 0 Å². The molecule has 2 aliphatic rings. The van der Waals surface area contributed by atoms with Crippen LogP contribution >= 0.6 is 0 Å². The maximum atomic E-state index is 7.01. The molecule has 0 fully saturated rings. The second-order valence-electron chi connectivity index (χ2n) is 16.3. The van der Waals surface area contributed by atoms with Crippen molar-refractivity contribution in [1.82, 2.24) is 15.0 Å². The van der Waals surface area contributed by atoms with E-state index in [4.69, 9.17) is 23.8 Å². The Balaban J connectivity index is 1.03. The summed E-state index contributed by atoms with van der Waals surface area (Å²) in [6.07, 6.45) is 5.42. The zero-order chi connectivity index (χ0) is 40.0. The Kier molecular flexibility index (Phi) is 7.60. The number of hydrogen-bond acceptors (Lipinski definition) is 6.